The van der Waals surface area contributed by atoms with E-state index in [-0.39, 0.29) is 0 Å². The number of ether oxygens (including phenoxy) is 1. The van der Waals surface area contributed by atoms with Crippen LogP contribution in [0.25, 0.3) is 0 Å². The van der Waals surface area contributed by atoms with Gasteiger partial charge in [0.2, 0.25) is 0 Å². The highest BCUT2D eigenvalue weighted by Gasteiger charge is 2.19. The fraction of sp³-hybridized carbons (Fsp3) is 0.429. The molecule has 2 heteroatoms. The molecule has 1 aromatic rings. The molecular weight excluding hydrogens is 200 g/mol. The van der Waals surface area contributed by atoms with Crippen molar-refractivity contribution >= 4 is 0 Å². The second-order valence-electron chi connectivity index (χ2n) is 4.23. The lowest BCUT2D eigenvalue weighted by Crippen LogP contribution is -2.26. The monoisotopic (exact) mass is 218 g/mol. The zero-order chi connectivity index (χ0) is 12.0. The lowest BCUT2D eigenvalue weighted by atomic mass is 9.92. The Morgan fingerprint density at radius 1 is 1.38 bits per heavy atom. The Labute approximate surface area is 97.3 Å². The summed E-state index contributed by atoms with van der Waals surface area (Å²) in [4.78, 5) is 0. The van der Waals surface area contributed by atoms with Gasteiger partial charge in [-0.15, -0.1) is 12.3 Å². The number of terminal acetylenes is 1. The molecule has 0 aliphatic rings. The summed E-state index contributed by atoms with van der Waals surface area (Å²) >= 11 is 0. The fourth-order valence-electron chi connectivity index (χ4n) is 1.61. The molecule has 0 saturated heterocycles. The van der Waals surface area contributed by atoms with Crippen LogP contribution in [-0.4, -0.2) is 17.8 Å². The highest BCUT2D eigenvalue weighted by Crippen LogP contribution is 2.20. The third-order valence-corrected chi connectivity index (χ3v) is 2.55. The molecule has 0 aliphatic heterocycles. The van der Waals surface area contributed by atoms with Crippen molar-refractivity contribution < 1.29 is 9.84 Å². The molecule has 1 rings (SSSR count). The highest BCUT2D eigenvalue weighted by molar-refractivity contribution is 5.28. The summed E-state index contributed by atoms with van der Waals surface area (Å²) in [5, 5.41) is 10.1. The molecule has 0 saturated carbocycles. The van der Waals surface area contributed by atoms with Crippen LogP contribution in [-0.2, 0) is 6.42 Å². The standard InChI is InChI=1S/C14H18O2/c1-4-5-10-14(2,15)11-12-6-8-13(16-3)9-7-12/h1,6-9,15H,5,10-11H2,2-3H3. The number of benzene rings is 1. The first-order valence-corrected chi connectivity index (χ1v) is 5.36. The van der Waals surface area contributed by atoms with Crippen molar-refractivity contribution in [3.63, 3.8) is 0 Å². The minimum Gasteiger partial charge on any atom is -0.497 e. The Balaban J connectivity index is 2.61. The molecule has 0 heterocycles. The largest absolute Gasteiger partial charge is 0.497 e. The van der Waals surface area contributed by atoms with Crippen LogP contribution in [0.1, 0.15) is 25.3 Å². The molecule has 0 aliphatic carbocycles. The smallest absolute Gasteiger partial charge is 0.118 e. The van der Waals surface area contributed by atoms with Crippen LogP contribution in [0.2, 0.25) is 0 Å². The van der Waals surface area contributed by atoms with Crippen molar-refractivity contribution in [1.29, 1.82) is 0 Å². The molecule has 0 fully saturated rings. The van der Waals surface area contributed by atoms with E-state index in [2.05, 4.69) is 5.92 Å². The van der Waals surface area contributed by atoms with Gasteiger partial charge < -0.3 is 9.84 Å². The quantitative estimate of drug-likeness (QED) is 0.769. The summed E-state index contributed by atoms with van der Waals surface area (Å²) in [5.74, 6) is 3.37. The third-order valence-electron chi connectivity index (χ3n) is 2.55. The van der Waals surface area contributed by atoms with Gasteiger partial charge >= 0.3 is 0 Å². The molecule has 86 valence electrons. The number of methoxy groups -OCH3 is 1. The Hall–Kier alpha value is -1.46. The normalized spacial score (nSPS) is 13.9. The average molecular weight is 218 g/mol. The first-order chi connectivity index (χ1) is 7.57. The SMILES string of the molecule is C#CCCC(C)(O)Cc1ccc(OC)cc1. The summed E-state index contributed by atoms with van der Waals surface area (Å²) in [6.45, 7) is 1.81. The molecule has 1 aromatic carbocycles. The van der Waals surface area contributed by atoms with Crippen LogP contribution in [0.3, 0.4) is 0 Å². The van der Waals surface area contributed by atoms with E-state index in [0.29, 0.717) is 19.3 Å². The van der Waals surface area contributed by atoms with E-state index >= 15 is 0 Å². The van der Waals surface area contributed by atoms with E-state index in [0.717, 1.165) is 11.3 Å². The topological polar surface area (TPSA) is 29.5 Å². The van der Waals surface area contributed by atoms with Crippen molar-refractivity contribution in [2.45, 2.75) is 31.8 Å². The summed E-state index contributed by atoms with van der Waals surface area (Å²) in [7, 11) is 1.64. The van der Waals surface area contributed by atoms with Gasteiger partial charge in [-0.2, -0.15) is 0 Å². The second kappa shape index (κ2) is 5.58. The zero-order valence-corrected chi connectivity index (χ0v) is 9.86. The summed E-state index contributed by atoms with van der Waals surface area (Å²) in [5.41, 5.74) is 0.351. The molecular formula is C14H18O2. The van der Waals surface area contributed by atoms with Gasteiger partial charge in [0, 0.05) is 12.8 Å². The summed E-state index contributed by atoms with van der Waals surface area (Å²) < 4.78 is 5.08. The van der Waals surface area contributed by atoms with E-state index in [1.807, 2.05) is 31.2 Å². The van der Waals surface area contributed by atoms with Crippen LogP contribution in [0, 0.1) is 12.3 Å². The van der Waals surface area contributed by atoms with Crippen LogP contribution in [0.4, 0.5) is 0 Å². The van der Waals surface area contributed by atoms with Gasteiger partial charge in [0.05, 0.1) is 12.7 Å². The Morgan fingerprint density at radius 3 is 2.50 bits per heavy atom. The Kier molecular flexibility index (Phi) is 4.39. The van der Waals surface area contributed by atoms with E-state index in [4.69, 9.17) is 11.2 Å². The molecule has 1 unspecified atom stereocenters. The molecule has 2 nitrogen and oxygen atoms in total. The minimum atomic E-state index is -0.735. The van der Waals surface area contributed by atoms with Crippen molar-refractivity contribution in [3.05, 3.63) is 29.8 Å². The Bertz CT molecular complexity index is 357. The maximum absolute atomic E-state index is 10.1. The lowest BCUT2D eigenvalue weighted by molar-refractivity contribution is 0.0529. The van der Waals surface area contributed by atoms with Crippen molar-refractivity contribution in [1.82, 2.24) is 0 Å². The van der Waals surface area contributed by atoms with E-state index in [1.54, 1.807) is 7.11 Å². The van der Waals surface area contributed by atoms with E-state index in [9.17, 15) is 5.11 Å². The van der Waals surface area contributed by atoms with Gasteiger partial charge in [0.15, 0.2) is 0 Å². The van der Waals surface area contributed by atoms with Crippen molar-refractivity contribution in [2.24, 2.45) is 0 Å². The molecule has 0 spiro atoms. The predicted molar refractivity (Wildman–Crippen MR) is 65.4 cm³/mol. The molecule has 0 aromatic heterocycles. The van der Waals surface area contributed by atoms with E-state index in [1.165, 1.54) is 0 Å². The van der Waals surface area contributed by atoms with Crippen LogP contribution in [0.5, 0.6) is 5.75 Å². The first-order valence-electron chi connectivity index (χ1n) is 5.36. The maximum atomic E-state index is 10.1. The van der Waals surface area contributed by atoms with Crippen molar-refractivity contribution in [3.8, 4) is 18.1 Å². The molecule has 0 radical (unpaired) electrons. The number of aliphatic hydroxyl groups is 1. The third kappa shape index (κ3) is 3.96. The number of hydrogen-bond donors (Lipinski definition) is 1. The Morgan fingerprint density at radius 2 is 2.00 bits per heavy atom. The zero-order valence-electron chi connectivity index (χ0n) is 9.86. The predicted octanol–water partition coefficient (Wildman–Crippen LogP) is 2.40. The molecule has 1 N–H and O–H groups in total. The van der Waals surface area contributed by atoms with Gasteiger partial charge in [0.1, 0.15) is 5.75 Å². The van der Waals surface area contributed by atoms with Crippen LogP contribution in [0.15, 0.2) is 24.3 Å². The minimum absolute atomic E-state index is 0.600. The molecule has 1 atom stereocenters. The lowest BCUT2D eigenvalue weighted by Gasteiger charge is -2.22. The molecule has 0 bridgehead atoms. The maximum Gasteiger partial charge on any atom is 0.118 e. The summed E-state index contributed by atoms with van der Waals surface area (Å²) in [6.07, 6.45) is 7.02. The van der Waals surface area contributed by atoms with Gasteiger partial charge in [-0.05, 0) is 31.0 Å². The summed E-state index contributed by atoms with van der Waals surface area (Å²) in [6, 6.07) is 7.71. The van der Waals surface area contributed by atoms with E-state index < -0.39 is 5.60 Å². The van der Waals surface area contributed by atoms with Crippen LogP contribution >= 0.6 is 0 Å². The molecule has 16 heavy (non-hydrogen) atoms. The van der Waals surface area contributed by atoms with Gasteiger partial charge in [-0.1, -0.05) is 12.1 Å². The van der Waals surface area contributed by atoms with Gasteiger partial charge in [0.25, 0.3) is 0 Å². The average Bonchev–Trinajstić information content (AvgIpc) is 2.27. The van der Waals surface area contributed by atoms with Crippen molar-refractivity contribution in [2.75, 3.05) is 7.11 Å². The highest BCUT2D eigenvalue weighted by atomic mass is 16.5. The van der Waals surface area contributed by atoms with Gasteiger partial charge in [-0.25, -0.2) is 0 Å². The van der Waals surface area contributed by atoms with Gasteiger partial charge in [-0.3, -0.25) is 0 Å². The second-order valence-corrected chi connectivity index (χ2v) is 4.23. The number of hydrogen-bond acceptors (Lipinski definition) is 2. The fourth-order valence-corrected chi connectivity index (χ4v) is 1.61. The number of rotatable bonds is 5. The first kappa shape index (κ1) is 12.6. The molecule has 0 amide bonds. The van der Waals surface area contributed by atoms with Crippen LogP contribution < -0.4 is 4.74 Å².